The van der Waals surface area contributed by atoms with Gasteiger partial charge in [-0.25, -0.2) is 8.42 Å². The average molecular weight is 617 g/mol. The van der Waals surface area contributed by atoms with Crippen LogP contribution in [-0.4, -0.2) is 43.8 Å². The Morgan fingerprint density at radius 3 is 2.12 bits per heavy atom. The highest BCUT2D eigenvalue weighted by Gasteiger charge is 2.34. The Hall–Kier alpha value is -3.07. The average Bonchev–Trinajstić information content (AvgIpc) is 3.45. The van der Waals surface area contributed by atoms with E-state index >= 15 is 0 Å². The Morgan fingerprint density at radius 2 is 1.51 bits per heavy atom. The van der Waals surface area contributed by atoms with Crippen LogP contribution in [0.4, 0.5) is 5.69 Å². The molecule has 1 N–H and O–H groups in total. The summed E-state index contributed by atoms with van der Waals surface area (Å²) in [6.45, 7) is 5.03. The number of halogens is 2. The highest BCUT2D eigenvalue weighted by atomic mass is 35.5. The summed E-state index contributed by atoms with van der Waals surface area (Å²) in [6.07, 6.45) is 3.91. The van der Waals surface area contributed by atoms with Gasteiger partial charge in [-0.2, -0.15) is 0 Å². The molecule has 41 heavy (non-hydrogen) atoms. The molecule has 0 saturated heterocycles. The van der Waals surface area contributed by atoms with Crippen molar-refractivity contribution < 1.29 is 18.0 Å². The Labute approximate surface area is 252 Å². The number of anilines is 1. The fraction of sp³-hybridized carbons (Fsp3) is 0.355. The molecular formula is C31H35Cl2N3O4S. The monoisotopic (exact) mass is 615 g/mol. The van der Waals surface area contributed by atoms with E-state index in [-0.39, 0.29) is 39.1 Å². The van der Waals surface area contributed by atoms with Crippen LogP contribution in [0.25, 0.3) is 0 Å². The Bertz CT molecular complexity index is 1490. The van der Waals surface area contributed by atoms with Crippen molar-refractivity contribution in [3.8, 4) is 0 Å². The molecular weight excluding hydrogens is 581 g/mol. The fourth-order valence-electron chi connectivity index (χ4n) is 4.89. The Balaban J connectivity index is 1.71. The first-order chi connectivity index (χ1) is 19.5. The van der Waals surface area contributed by atoms with E-state index in [2.05, 4.69) is 5.32 Å². The van der Waals surface area contributed by atoms with Crippen molar-refractivity contribution in [3.05, 3.63) is 93.5 Å². The van der Waals surface area contributed by atoms with Crippen LogP contribution in [-0.2, 0) is 26.2 Å². The SMILES string of the molecule is Cc1ccc(CN(C(=O)CN(c2cc(Cl)ccc2Cl)S(=O)(=O)c2ccc(C)cc2)[C@H](C)C(=O)NC2CCCC2)cc1. The molecule has 10 heteroatoms. The number of sulfonamides is 1. The van der Waals surface area contributed by atoms with Gasteiger partial charge < -0.3 is 10.2 Å². The molecule has 3 aromatic carbocycles. The van der Waals surface area contributed by atoms with Gasteiger partial charge >= 0.3 is 0 Å². The number of carbonyl (C=O) groups excluding carboxylic acids is 2. The van der Waals surface area contributed by atoms with Crippen molar-refractivity contribution in [2.75, 3.05) is 10.8 Å². The topological polar surface area (TPSA) is 86.8 Å². The minimum absolute atomic E-state index is 0.00375. The van der Waals surface area contributed by atoms with Crippen molar-refractivity contribution in [3.63, 3.8) is 0 Å². The molecule has 0 aliphatic heterocycles. The van der Waals surface area contributed by atoms with E-state index in [9.17, 15) is 18.0 Å². The third kappa shape index (κ3) is 7.61. The lowest BCUT2D eigenvalue weighted by Gasteiger charge is -2.32. The van der Waals surface area contributed by atoms with E-state index in [0.717, 1.165) is 46.7 Å². The smallest absolute Gasteiger partial charge is 0.264 e. The number of carbonyl (C=O) groups is 2. The highest BCUT2D eigenvalue weighted by molar-refractivity contribution is 7.92. The predicted molar refractivity (Wildman–Crippen MR) is 164 cm³/mol. The third-order valence-electron chi connectivity index (χ3n) is 7.41. The molecule has 1 fully saturated rings. The fourth-order valence-corrected chi connectivity index (χ4v) is 6.75. The summed E-state index contributed by atoms with van der Waals surface area (Å²) in [5, 5.41) is 3.45. The van der Waals surface area contributed by atoms with E-state index < -0.39 is 28.5 Å². The first-order valence-corrected chi connectivity index (χ1v) is 15.8. The van der Waals surface area contributed by atoms with Gasteiger partial charge in [-0.15, -0.1) is 0 Å². The molecule has 0 radical (unpaired) electrons. The number of amides is 2. The summed E-state index contributed by atoms with van der Waals surface area (Å²) in [4.78, 5) is 28.8. The van der Waals surface area contributed by atoms with Crippen LogP contribution < -0.4 is 9.62 Å². The molecule has 2 amide bonds. The molecule has 3 aromatic rings. The van der Waals surface area contributed by atoms with Crippen LogP contribution >= 0.6 is 23.2 Å². The maximum absolute atomic E-state index is 14.1. The molecule has 1 aliphatic rings. The van der Waals surface area contributed by atoms with E-state index in [0.29, 0.717) is 0 Å². The van der Waals surface area contributed by atoms with Crippen LogP contribution in [0.2, 0.25) is 10.0 Å². The summed E-state index contributed by atoms with van der Waals surface area (Å²) >= 11 is 12.7. The maximum Gasteiger partial charge on any atom is 0.264 e. The van der Waals surface area contributed by atoms with Crippen LogP contribution in [0.1, 0.15) is 49.3 Å². The highest BCUT2D eigenvalue weighted by Crippen LogP contribution is 2.33. The first kappa shape index (κ1) is 30.9. The summed E-state index contributed by atoms with van der Waals surface area (Å²) in [5.41, 5.74) is 2.84. The van der Waals surface area contributed by atoms with Crippen molar-refractivity contribution in [1.29, 1.82) is 0 Å². The van der Waals surface area contributed by atoms with Gasteiger partial charge in [-0.1, -0.05) is 83.6 Å². The van der Waals surface area contributed by atoms with Crippen LogP contribution in [0, 0.1) is 13.8 Å². The van der Waals surface area contributed by atoms with Crippen LogP contribution in [0.15, 0.2) is 71.6 Å². The quantitative estimate of drug-likeness (QED) is 0.291. The molecule has 0 heterocycles. The minimum Gasteiger partial charge on any atom is -0.352 e. The summed E-state index contributed by atoms with van der Waals surface area (Å²) in [5.74, 6) is -0.822. The summed E-state index contributed by atoms with van der Waals surface area (Å²) < 4.78 is 28.9. The molecule has 7 nitrogen and oxygen atoms in total. The normalized spacial score (nSPS) is 14.5. The zero-order chi connectivity index (χ0) is 29.7. The van der Waals surface area contributed by atoms with Gasteiger partial charge in [0.25, 0.3) is 10.0 Å². The number of benzene rings is 3. The number of nitrogens with zero attached hydrogens (tertiary/aromatic N) is 2. The first-order valence-electron chi connectivity index (χ1n) is 13.7. The van der Waals surface area contributed by atoms with Gasteiger partial charge in [0.15, 0.2) is 0 Å². The second kappa shape index (κ2) is 13.3. The second-order valence-corrected chi connectivity index (χ2v) is 13.3. The lowest BCUT2D eigenvalue weighted by atomic mass is 10.1. The number of rotatable bonds is 10. The minimum atomic E-state index is -4.24. The molecule has 1 saturated carbocycles. The van der Waals surface area contributed by atoms with Gasteiger partial charge in [0.1, 0.15) is 12.6 Å². The predicted octanol–water partition coefficient (Wildman–Crippen LogP) is 6.28. The van der Waals surface area contributed by atoms with Gasteiger partial charge in [0, 0.05) is 17.6 Å². The van der Waals surface area contributed by atoms with Gasteiger partial charge in [0.2, 0.25) is 11.8 Å². The zero-order valence-electron chi connectivity index (χ0n) is 23.4. The standard InChI is InChI=1S/C31H35Cl2N3O4S/c1-21-8-12-24(13-9-21)19-35(23(3)31(38)34-26-6-4-5-7-26)30(37)20-36(29-18-25(32)14-17-28(29)33)41(39,40)27-15-10-22(2)11-16-27/h8-18,23,26H,4-7,19-20H2,1-3H3,(H,34,38)/t23-/m1/s1. The number of nitrogens with one attached hydrogen (secondary N) is 1. The van der Waals surface area contributed by atoms with Crippen molar-refractivity contribution in [2.45, 2.75) is 70.0 Å². The largest absolute Gasteiger partial charge is 0.352 e. The van der Waals surface area contributed by atoms with Gasteiger partial charge in [0.05, 0.1) is 15.6 Å². The summed E-state index contributed by atoms with van der Waals surface area (Å²) in [7, 11) is -4.24. The Morgan fingerprint density at radius 1 is 0.927 bits per heavy atom. The molecule has 4 rings (SSSR count). The second-order valence-electron chi connectivity index (χ2n) is 10.6. The molecule has 218 valence electrons. The van der Waals surface area contributed by atoms with Crippen molar-refractivity contribution >= 4 is 50.7 Å². The van der Waals surface area contributed by atoms with Crippen molar-refractivity contribution in [2.24, 2.45) is 0 Å². The molecule has 0 unspecified atom stereocenters. The molecule has 1 aliphatic carbocycles. The molecule has 0 aromatic heterocycles. The third-order valence-corrected chi connectivity index (χ3v) is 9.74. The van der Waals surface area contributed by atoms with Crippen molar-refractivity contribution in [1.82, 2.24) is 10.2 Å². The van der Waals surface area contributed by atoms with E-state index in [1.165, 1.54) is 29.2 Å². The molecule has 1 atom stereocenters. The number of hydrogen-bond donors (Lipinski definition) is 1. The number of aryl methyl sites for hydroxylation is 2. The zero-order valence-corrected chi connectivity index (χ0v) is 25.8. The molecule has 0 spiro atoms. The van der Waals surface area contributed by atoms with E-state index in [4.69, 9.17) is 23.2 Å². The van der Waals surface area contributed by atoms with Gasteiger partial charge in [-0.05, 0) is 69.5 Å². The summed E-state index contributed by atoms with van der Waals surface area (Å²) in [6, 6.07) is 17.7. The van der Waals surface area contributed by atoms with E-state index in [1.807, 2.05) is 38.1 Å². The lowest BCUT2D eigenvalue weighted by Crippen LogP contribution is -2.52. The van der Waals surface area contributed by atoms with Crippen LogP contribution in [0.3, 0.4) is 0 Å². The van der Waals surface area contributed by atoms with Crippen LogP contribution in [0.5, 0.6) is 0 Å². The number of hydrogen-bond acceptors (Lipinski definition) is 4. The van der Waals surface area contributed by atoms with Gasteiger partial charge in [-0.3, -0.25) is 13.9 Å². The molecule has 0 bridgehead atoms. The van der Waals surface area contributed by atoms with E-state index in [1.54, 1.807) is 25.1 Å². The Kier molecular flexibility index (Phi) is 10.00. The lowest BCUT2D eigenvalue weighted by molar-refractivity contribution is -0.139. The maximum atomic E-state index is 14.1.